The van der Waals surface area contributed by atoms with Gasteiger partial charge in [-0.15, -0.1) is 0 Å². The molecular formula is C41H27N3. The number of fused-ring (bicyclic) bond motifs is 2. The smallest absolute Gasteiger partial charge is 0.164 e. The average molecular weight is 562 g/mol. The first-order chi connectivity index (χ1) is 21.8. The number of rotatable bonds is 5. The Balaban J connectivity index is 1.14. The van der Waals surface area contributed by atoms with Crippen molar-refractivity contribution in [2.45, 2.75) is 0 Å². The first kappa shape index (κ1) is 25.8. The van der Waals surface area contributed by atoms with E-state index in [0.29, 0.717) is 17.5 Å². The Bertz CT molecular complexity index is 2190. The lowest BCUT2D eigenvalue weighted by Crippen LogP contribution is -2.00. The average Bonchev–Trinajstić information content (AvgIpc) is 3.11. The van der Waals surface area contributed by atoms with Crippen LogP contribution < -0.4 is 0 Å². The molecule has 8 rings (SSSR count). The zero-order chi connectivity index (χ0) is 29.3. The molecule has 0 aliphatic rings. The molecule has 3 heteroatoms. The largest absolute Gasteiger partial charge is 0.208 e. The minimum Gasteiger partial charge on any atom is -0.208 e. The Morgan fingerprint density at radius 3 is 1.41 bits per heavy atom. The van der Waals surface area contributed by atoms with E-state index in [1.54, 1.807) is 0 Å². The van der Waals surface area contributed by atoms with Crippen molar-refractivity contribution in [3.63, 3.8) is 0 Å². The van der Waals surface area contributed by atoms with E-state index in [1.165, 1.54) is 38.4 Å². The molecule has 0 atom stereocenters. The van der Waals surface area contributed by atoms with Gasteiger partial charge in [0.1, 0.15) is 0 Å². The van der Waals surface area contributed by atoms with Gasteiger partial charge in [0.2, 0.25) is 0 Å². The lowest BCUT2D eigenvalue weighted by molar-refractivity contribution is 1.07. The van der Waals surface area contributed by atoms with Gasteiger partial charge in [-0.25, -0.2) is 15.0 Å². The SMILES string of the molecule is c1ccc(-c2nc(-c3ccccc3)nc(-c3ccc4cc(-c5ccc(-c6cccc7ccccc67)cc5)ccc4c3)n2)cc1. The lowest BCUT2D eigenvalue weighted by Gasteiger charge is -2.10. The van der Waals surface area contributed by atoms with Crippen LogP contribution in [0.15, 0.2) is 164 Å². The van der Waals surface area contributed by atoms with Crippen LogP contribution in [0.1, 0.15) is 0 Å². The maximum absolute atomic E-state index is 4.90. The molecule has 0 radical (unpaired) electrons. The molecule has 44 heavy (non-hydrogen) atoms. The lowest BCUT2D eigenvalue weighted by atomic mass is 9.95. The Hall–Kier alpha value is -5.93. The van der Waals surface area contributed by atoms with Crippen molar-refractivity contribution in [1.82, 2.24) is 15.0 Å². The van der Waals surface area contributed by atoms with Crippen LogP contribution in [0, 0.1) is 0 Å². The maximum atomic E-state index is 4.90. The fourth-order valence-corrected chi connectivity index (χ4v) is 5.82. The van der Waals surface area contributed by atoms with Crippen LogP contribution in [0.3, 0.4) is 0 Å². The van der Waals surface area contributed by atoms with Gasteiger partial charge in [-0.2, -0.15) is 0 Å². The first-order valence-corrected chi connectivity index (χ1v) is 14.8. The van der Waals surface area contributed by atoms with Gasteiger partial charge in [0.05, 0.1) is 0 Å². The zero-order valence-corrected chi connectivity index (χ0v) is 23.9. The molecule has 0 spiro atoms. The molecule has 0 amide bonds. The standard InChI is InChI=1S/C41H27N3/c1-3-11-31(12-4-1)39-42-40(32-13-5-2-6-14-32)44-41(43-39)36-25-24-34-26-33(22-23-35(34)27-36)28-18-20-30(21-19-28)38-17-9-15-29-10-7-8-16-37(29)38/h1-27H. The molecular weight excluding hydrogens is 534 g/mol. The summed E-state index contributed by atoms with van der Waals surface area (Å²) in [6, 6.07) is 57.1. The van der Waals surface area contributed by atoms with Gasteiger partial charge >= 0.3 is 0 Å². The summed E-state index contributed by atoms with van der Waals surface area (Å²) in [5.41, 5.74) is 7.74. The second-order valence-corrected chi connectivity index (χ2v) is 10.9. The molecule has 1 heterocycles. The zero-order valence-electron chi connectivity index (χ0n) is 23.9. The molecule has 0 fully saturated rings. The van der Waals surface area contributed by atoms with Crippen molar-refractivity contribution in [3.8, 4) is 56.4 Å². The minimum absolute atomic E-state index is 0.660. The van der Waals surface area contributed by atoms with E-state index in [1.807, 2.05) is 60.7 Å². The van der Waals surface area contributed by atoms with Crippen LogP contribution >= 0.6 is 0 Å². The van der Waals surface area contributed by atoms with E-state index >= 15 is 0 Å². The van der Waals surface area contributed by atoms with Gasteiger partial charge < -0.3 is 0 Å². The van der Waals surface area contributed by atoms with E-state index < -0.39 is 0 Å². The van der Waals surface area contributed by atoms with Crippen LogP contribution in [-0.2, 0) is 0 Å². The van der Waals surface area contributed by atoms with Gasteiger partial charge in [-0.3, -0.25) is 0 Å². The van der Waals surface area contributed by atoms with Crippen LogP contribution in [0.2, 0.25) is 0 Å². The van der Waals surface area contributed by atoms with Gasteiger partial charge in [0.25, 0.3) is 0 Å². The highest BCUT2D eigenvalue weighted by Crippen LogP contribution is 2.33. The van der Waals surface area contributed by atoms with E-state index in [2.05, 4.69) is 103 Å². The topological polar surface area (TPSA) is 38.7 Å². The Kier molecular flexibility index (Phi) is 6.47. The van der Waals surface area contributed by atoms with Crippen molar-refractivity contribution in [1.29, 1.82) is 0 Å². The molecule has 0 aliphatic heterocycles. The second-order valence-electron chi connectivity index (χ2n) is 10.9. The number of hydrogen-bond donors (Lipinski definition) is 0. The molecule has 3 nitrogen and oxygen atoms in total. The molecule has 0 saturated carbocycles. The van der Waals surface area contributed by atoms with Crippen LogP contribution in [-0.4, -0.2) is 15.0 Å². The predicted octanol–water partition coefficient (Wildman–Crippen LogP) is 10.5. The monoisotopic (exact) mass is 561 g/mol. The molecule has 0 N–H and O–H groups in total. The first-order valence-electron chi connectivity index (χ1n) is 14.8. The predicted molar refractivity (Wildman–Crippen MR) is 182 cm³/mol. The van der Waals surface area contributed by atoms with Crippen LogP contribution in [0.25, 0.3) is 78.0 Å². The molecule has 0 bridgehead atoms. The minimum atomic E-state index is 0.660. The summed E-state index contributed by atoms with van der Waals surface area (Å²) >= 11 is 0. The number of aromatic nitrogens is 3. The number of nitrogens with zero attached hydrogens (tertiary/aromatic N) is 3. The normalized spacial score (nSPS) is 11.2. The van der Waals surface area contributed by atoms with E-state index in [0.717, 1.165) is 22.1 Å². The highest BCUT2D eigenvalue weighted by atomic mass is 15.0. The third-order valence-electron chi connectivity index (χ3n) is 8.12. The van der Waals surface area contributed by atoms with Crippen molar-refractivity contribution in [3.05, 3.63) is 164 Å². The fraction of sp³-hybridized carbons (Fsp3) is 0. The third-order valence-corrected chi connectivity index (χ3v) is 8.12. The highest BCUT2D eigenvalue weighted by Gasteiger charge is 2.13. The summed E-state index contributed by atoms with van der Waals surface area (Å²) in [6.45, 7) is 0. The van der Waals surface area contributed by atoms with E-state index in [-0.39, 0.29) is 0 Å². The Labute approximate surface area is 256 Å². The summed E-state index contributed by atoms with van der Waals surface area (Å²) in [4.78, 5) is 14.6. The molecule has 8 aromatic rings. The van der Waals surface area contributed by atoms with Crippen molar-refractivity contribution in [2.75, 3.05) is 0 Å². The Morgan fingerprint density at radius 2 is 0.750 bits per heavy atom. The molecule has 0 aliphatic carbocycles. The van der Waals surface area contributed by atoms with Gasteiger partial charge in [0, 0.05) is 16.7 Å². The summed E-state index contributed by atoms with van der Waals surface area (Å²) in [6.07, 6.45) is 0. The van der Waals surface area contributed by atoms with Crippen molar-refractivity contribution < 1.29 is 0 Å². The molecule has 206 valence electrons. The van der Waals surface area contributed by atoms with Crippen molar-refractivity contribution >= 4 is 21.5 Å². The Morgan fingerprint density at radius 1 is 0.273 bits per heavy atom. The summed E-state index contributed by atoms with van der Waals surface area (Å²) in [5.74, 6) is 1.99. The second kappa shape index (κ2) is 11.0. The summed E-state index contributed by atoms with van der Waals surface area (Å²) < 4.78 is 0. The maximum Gasteiger partial charge on any atom is 0.164 e. The molecule has 7 aromatic carbocycles. The van der Waals surface area contributed by atoms with E-state index in [4.69, 9.17) is 15.0 Å². The van der Waals surface area contributed by atoms with Gasteiger partial charge in [-0.1, -0.05) is 152 Å². The van der Waals surface area contributed by atoms with Crippen molar-refractivity contribution in [2.24, 2.45) is 0 Å². The summed E-state index contributed by atoms with van der Waals surface area (Å²) in [5, 5.41) is 4.84. The fourth-order valence-electron chi connectivity index (χ4n) is 5.82. The van der Waals surface area contributed by atoms with Gasteiger partial charge in [-0.05, 0) is 55.9 Å². The van der Waals surface area contributed by atoms with Crippen LogP contribution in [0.5, 0.6) is 0 Å². The quantitative estimate of drug-likeness (QED) is 0.210. The van der Waals surface area contributed by atoms with E-state index in [9.17, 15) is 0 Å². The highest BCUT2D eigenvalue weighted by molar-refractivity contribution is 5.97. The van der Waals surface area contributed by atoms with Crippen LogP contribution in [0.4, 0.5) is 0 Å². The number of benzene rings is 7. The third kappa shape index (κ3) is 4.91. The van der Waals surface area contributed by atoms with Gasteiger partial charge in [0.15, 0.2) is 17.5 Å². The molecule has 0 saturated heterocycles. The molecule has 1 aromatic heterocycles. The summed E-state index contributed by atoms with van der Waals surface area (Å²) in [7, 11) is 0. The number of hydrogen-bond acceptors (Lipinski definition) is 3. The molecule has 0 unspecified atom stereocenters.